The van der Waals surface area contributed by atoms with Gasteiger partial charge in [-0.1, -0.05) is 24.3 Å². The van der Waals surface area contributed by atoms with Crippen LogP contribution < -0.4 is 5.56 Å². The molecule has 3 nitrogen and oxygen atoms in total. The van der Waals surface area contributed by atoms with Gasteiger partial charge in [0.2, 0.25) is 0 Å². The summed E-state index contributed by atoms with van der Waals surface area (Å²) in [5.74, 6) is 0. The molecule has 18 heavy (non-hydrogen) atoms. The molecule has 2 aromatic rings. The Labute approximate surface area is 105 Å². The van der Waals surface area contributed by atoms with Crippen molar-refractivity contribution in [3.8, 4) is 0 Å². The molecule has 0 atom stereocenters. The summed E-state index contributed by atoms with van der Waals surface area (Å²) in [6, 6.07) is 7.31. The summed E-state index contributed by atoms with van der Waals surface area (Å²) in [6.07, 6.45) is 8.37. The van der Waals surface area contributed by atoms with E-state index in [-0.39, 0.29) is 5.56 Å². The van der Waals surface area contributed by atoms with E-state index in [0.29, 0.717) is 5.65 Å². The Kier molecular flexibility index (Phi) is 2.59. The largest absolute Gasteiger partial charge is 0.269 e. The molecule has 2 heterocycles. The Morgan fingerprint density at radius 2 is 2.17 bits per heavy atom. The maximum absolute atomic E-state index is 12.1. The molecule has 0 spiro atoms. The molecule has 0 amide bonds. The second-order valence-corrected chi connectivity index (χ2v) is 4.48. The zero-order valence-electron chi connectivity index (χ0n) is 10.3. The highest BCUT2D eigenvalue weighted by Crippen LogP contribution is 2.19. The summed E-state index contributed by atoms with van der Waals surface area (Å²) in [7, 11) is 0. The van der Waals surface area contributed by atoms with Crippen LogP contribution >= 0.6 is 0 Å². The molecule has 1 aliphatic rings. The highest BCUT2D eigenvalue weighted by molar-refractivity contribution is 5.73. The van der Waals surface area contributed by atoms with E-state index in [4.69, 9.17) is 0 Å². The van der Waals surface area contributed by atoms with E-state index >= 15 is 0 Å². The molecule has 0 saturated carbocycles. The molecule has 1 aliphatic carbocycles. The summed E-state index contributed by atoms with van der Waals surface area (Å²) < 4.78 is 1.64. The monoisotopic (exact) mass is 238 g/mol. The van der Waals surface area contributed by atoms with Crippen LogP contribution in [0.3, 0.4) is 0 Å². The van der Waals surface area contributed by atoms with Crippen molar-refractivity contribution in [1.29, 1.82) is 0 Å². The summed E-state index contributed by atoms with van der Waals surface area (Å²) in [4.78, 5) is 16.7. The lowest BCUT2D eigenvalue weighted by Crippen LogP contribution is -2.17. The molecule has 0 aromatic carbocycles. The van der Waals surface area contributed by atoms with Gasteiger partial charge in [-0.2, -0.15) is 0 Å². The van der Waals surface area contributed by atoms with E-state index in [1.54, 1.807) is 10.5 Å². The van der Waals surface area contributed by atoms with Crippen LogP contribution in [-0.2, 0) is 0 Å². The van der Waals surface area contributed by atoms with Gasteiger partial charge in [-0.15, -0.1) is 0 Å². The van der Waals surface area contributed by atoms with Crippen LogP contribution in [0.1, 0.15) is 24.2 Å². The van der Waals surface area contributed by atoms with E-state index in [1.807, 2.05) is 31.2 Å². The van der Waals surface area contributed by atoms with Crippen molar-refractivity contribution >= 4 is 11.2 Å². The van der Waals surface area contributed by atoms with Gasteiger partial charge < -0.3 is 0 Å². The summed E-state index contributed by atoms with van der Waals surface area (Å²) in [6.45, 7) is 1.91. The maximum atomic E-state index is 12.1. The minimum atomic E-state index is -0.0204. The molecular formula is C15H14N2O. The van der Waals surface area contributed by atoms with Gasteiger partial charge >= 0.3 is 0 Å². The van der Waals surface area contributed by atoms with Crippen LogP contribution in [0.2, 0.25) is 0 Å². The molecule has 0 aliphatic heterocycles. The first kappa shape index (κ1) is 11.0. The minimum Gasteiger partial charge on any atom is -0.269 e. The van der Waals surface area contributed by atoms with Crippen LogP contribution in [0.5, 0.6) is 0 Å². The van der Waals surface area contributed by atoms with Crippen molar-refractivity contribution in [2.75, 3.05) is 0 Å². The summed E-state index contributed by atoms with van der Waals surface area (Å²) in [5, 5.41) is 0. The highest BCUT2D eigenvalue weighted by Gasteiger charge is 2.07. The van der Waals surface area contributed by atoms with E-state index < -0.39 is 0 Å². The standard InChI is InChI=1S/C15H14N2O/c1-11-6-5-9-14-16-13(10-15(18)17(11)14)12-7-3-2-4-8-12/h3,5-10H,2,4H2,1H3. The number of nitrogens with zero attached hydrogens (tertiary/aromatic N) is 2. The highest BCUT2D eigenvalue weighted by atomic mass is 16.1. The molecule has 3 heteroatoms. The SMILES string of the molecule is Cc1cccc2nc(C3=CCCC=C3)cc(=O)n12. The number of hydrogen-bond acceptors (Lipinski definition) is 2. The molecule has 0 N–H and O–H groups in total. The lowest BCUT2D eigenvalue weighted by Gasteiger charge is -2.09. The average molecular weight is 238 g/mol. The number of hydrogen-bond donors (Lipinski definition) is 0. The smallest absolute Gasteiger partial charge is 0.258 e. The van der Waals surface area contributed by atoms with Crippen molar-refractivity contribution in [2.24, 2.45) is 0 Å². The summed E-state index contributed by atoms with van der Waals surface area (Å²) in [5.41, 5.74) is 3.40. The van der Waals surface area contributed by atoms with Gasteiger partial charge in [0.1, 0.15) is 5.65 Å². The number of allylic oxidation sites excluding steroid dienone is 4. The normalized spacial score (nSPS) is 14.8. The predicted octanol–water partition coefficient (Wildman–Crippen LogP) is 2.74. The van der Waals surface area contributed by atoms with Gasteiger partial charge in [0.25, 0.3) is 5.56 Å². The van der Waals surface area contributed by atoms with Crippen LogP contribution in [0.25, 0.3) is 11.2 Å². The lowest BCUT2D eigenvalue weighted by molar-refractivity contribution is 0.980. The summed E-state index contributed by atoms with van der Waals surface area (Å²) >= 11 is 0. The van der Waals surface area contributed by atoms with Crippen molar-refractivity contribution in [1.82, 2.24) is 9.38 Å². The van der Waals surface area contributed by atoms with E-state index in [1.165, 1.54) is 0 Å². The Balaban J connectivity index is 2.25. The first-order valence-corrected chi connectivity index (χ1v) is 6.12. The molecule has 90 valence electrons. The topological polar surface area (TPSA) is 34.4 Å². The quantitative estimate of drug-likeness (QED) is 0.765. The Bertz CT molecular complexity index is 723. The molecular weight excluding hydrogens is 224 g/mol. The van der Waals surface area contributed by atoms with Gasteiger partial charge in [-0.05, 0) is 37.5 Å². The fraction of sp³-hybridized carbons (Fsp3) is 0.200. The lowest BCUT2D eigenvalue weighted by atomic mass is 10.0. The molecule has 0 fully saturated rings. The second-order valence-electron chi connectivity index (χ2n) is 4.48. The van der Waals surface area contributed by atoms with Crippen LogP contribution in [0.4, 0.5) is 0 Å². The van der Waals surface area contributed by atoms with Crippen LogP contribution in [0.15, 0.2) is 47.3 Å². The van der Waals surface area contributed by atoms with Crippen molar-refractivity contribution in [2.45, 2.75) is 19.8 Å². The number of fused-ring (bicyclic) bond motifs is 1. The molecule has 2 aromatic heterocycles. The van der Waals surface area contributed by atoms with Crippen LogP contribution in [0, 0.1) is 6.92 Å². The zero-order valence-corrected chi connectivity index (χ0v) is 10.3. The van der Waals surface area contributed by atoms with E-state index in [2.05, 4.69) is 17.1 Å². The van der Waals surface area contributed by atoms with Gasteiger partial charge in [-0.3, -0.25) is 9.20 Å². The maximum Gasteiger partial charge on any atom is 0.258 e. The Morgan fingerprint density at radius 3 is 2.94 bits per heavy atom. The van der Waals surface area contributed by atoms with Crippen LogP contribution in [-0.4, -0.2) is 9.38 Å². The predicted molar refractivity (Wildman–Crippen MR) is 72.6 cm³/mol. The van der Waals surface area contributed by atoms with Crippen molar-refractivity contribution in [3.05, 3.63) is 64.2 Å². The third-order valence-corrected chi connectivity index (χ3v) is 3.17. The molecule has 0 saturated heterocycles. The Hall–Kier alpha value is -2.16. The van der Waals surface area contributed by atoms with Gasteiger partial charge in [-0.25, -0.2) is 4.98 Å². The van der Waals surface area contributed by atoms with Gasteiger partial charge in [0.05, 0.1) is 5.69 Å². The van der Waals surface area contributed by atoms with E-state index in [0.717, 1.165) is 29.8 Å². The second kappa shape index (κ2) is 4.26. The molecule has 3 rings (SSSR count). The number of aromatic nitrogens is 2. The number of rotatable bonds is 1. The first-order chi connectivity index (χ1) is 8.75. The molecule has 0 bridgehead atoms. The van der Waals surface area contributed by atoms with E-state index in [9.17, 15) is 4.79 Å². The fourth-order valence-electron chi connectivity index (χ4n) is 2.27. The first-order valence-electron chi connectivity index (χ1n) is 6.12. The van der Waals surface area contributed by atoms with Crippen molar-refractivity contribution < 1.29 is 0 Å². The zero-order chi connectivity index (χ0) is 12.5. The third kappa shape index (κ3) is 1.78. The van der Waals surface area contributed by atoms with Crippen molar-refractivity contribution in [3.63, 3.8) is 0 Å². The van der Waals surface area contributed by atoms with Gasteiger partial charge in [0, 0.05) is 11.8 Å². The molecule has 0 radical (unpaired) electrons. The minimum absolute atomic E-state index is 0.0204. The molecule has 0 unspecified atom stereocenters. The Morgan fingerprint density at radius 1 is 1.28 bits per heavy atom. The average Bonchev–Trinajstić information content (AvgIpc) is 2.39. The fourth-order valence-corrected chi connectivity index (χ4v) is 2.27. The number of aryl methyl sites for hydroxylation is 1. The number of pyridine rings is 1. The third-order valence-electron chi connectivity index (χ3n) is 3.17. The van der Waals surface area contributed by atoms with Gasteiger partial charge in [0.15, 0.2) is 0 Å².